The third-order valence-electron chi connectivity index (χ3n) is 7.43. The van der Waals surface area contributed by atoms with Gasteiger partial charge in [-0.2, -0.15) is 26.9 Å². The van der Waals surface area contributed by atoms with E-state index in [1.807, 2.05) is 0 Å². The van der Waals surface area contributed by atoms with Gasteiger partial charge in [0.25, 0.3) is 0 Å². The van der Waals surface area contributed by atoms with Crippen molar-refractivity contribution in [1.29, 1.82) is 0 Å². The average Bonchev–Trinajstić information content (AvgIpc) is 3.42. The molecule has 0 saturated carbocycles. The summed E-state index contributed by atoms with van der Waals surface area (Å²) in [6, 6.07) is 12.8. The van der Waals surface area contributed by atoms with Crippen LogP contribution in [0.2, 0.25) is 0 Å². The summed E-state index contributed by atoms with van der Waals surface area (Å²) in [6.07, 6.45) is -4.79. The molecule has 1 fully saturated rings. The maximum absolute atomic E-state index is 12.9. The van der Waals surface area contributed by atoms with E-state index >= 15 is 0 Å². The zero-order valence-corrected chi connectivity index (χ0v) is 25.3. The highest BCUT2D eigenvalue weighted by molar-refractivity contribution is 7.91. The number of benzene rings is 2. The van der Waals surface area contributed by atoms with E-state index in [4.69, 9.17) is 9.47 Å². The van der Waals surface area contributed by atoms with Crippen LogP contribution in [0.4, 0.5) is 27.8 Å². The molecule has 3 atom stereocenters. The number of ether oxygens (including phenoxy) is 3. The number of sulfone groups is 1. The van der Waals surface area contributed by atoms with Crippen molar-refractivity contribution in [1.82, 2.24) is 10.3 Å². The lowest BCUT2D eigenvalue weighted by atomic mass is 10.1. The number of methoxy groups -OCH3 is 1. The Balaban J connectivity index is 1.47. The van der Waals surface area contributed by atoms with Crippen molar-refractivity contribution in [3.05, 3.63) is 77.4 Å². The lowest BCUT2D eigenvalue weighted by molar-refractivity contribution is -0.137. The van der Waals surface area contributed by atoms with Crippen LogP contribution < -0.4 is 19.7 Å². The van der Waals surface area contributed by atoms with E-state index in [2.05, 4.69) is 15.0 Å². The number of hydrogen-bond donors (Lipinski definition) is 2. The molecule has 3 aromatic rings. The number of hydrogen-bond acceptors (Lipinski definition) is 9. The van der Waals surface area contributed by atoms with E-state index in [-0.39, 0.29) is 55.0 Å². The summed E-state index contributed by atoms with van der Waals surface area (Å²) in [6.45, 7) is -1.63. The molecule has 246 valence electrons. The monoisotopic (exact) mass is 659 g/mol. The van der Waals surface area contributed by atoms with Crippen LogP contribution in [0.5, 0.6) is 11.6 Å². The highest BCUT2D eigenvalue weighted by Gasteiger charge is 2.36. The Labute approximate surface area is 257 Å². The highest BCUT2D eigenvalue weighted by Crippen LogP contribution is 2.33. The standard InChI is InChI=1S/C30H34F5N3O6S/c1-3-45(40,41)25-11-4-19(5-12-25)26(17-39)36-15-20-6-13-27(37-28(20)42-2)38-16-24(14-22(38)18-43-29(31)32)44-23-9-7-21(8-10-23)30(33,34)35/h4-13,22,24,26,29,36,39H,3,14-18H2,1-2H3/t22-,24-,26-/m0/s1. The summed E-state index contributed by atoms with van der Waals surface area (Å²) in [4.78, 5) is 6.48. The van der Waals surface area contributed by atoms with E-state index in [0.717, 1.165) is 12.1 Å². The number of rotatable bonds is 14. The molecule has 2 N–H and O–H groups in total. The first kappa shape index (κ1) is 34.3. The topological polar surface area (TPSA) is 110 Å². The summed E-state index contributed by atoms with van der Waals surface area (Å²) in [5, 5.41) is 13.2. The van der Waals surface area contributed by atoms with E-state index in [9.17, 15) is 35.5 Å². The van der Waals surface area contributed by atoms with Crippen LogP contribution >= 0.6 is 0 Å². The van der Waals surface area contributed by atoms with Crippen molar-refractivity contribution >= 4 is 15.7 Å². The van der Waals surface area contributed by atoms with Gasteiger partial charge in [0.05, 0.1) is 55.2 Å². The predicted octanol–water partition coefficient (Wildman–Crippen LogP) is 4.99. The zero-order valence-electron chi connectivity index (χ0n) is 24.5. The van der Waals surface area contributed by atoms with Crippen molar-refractivity contribution in [2.45, 2.75) is 55.8 Å². The summed E-state index contributed by atoms with van der Waals surface area (Å²) >= 11 is 0. The van der Waals surface area contributed by atoms with Crippen LogP contribution in [0.15, 0.2) is 65.6 Å². The average molecular weight is 660 g/mol. The van der Waals surface area contributed by atoms with Gasteiger partial charge in [-0.05, 0) is 54.1 Å². The first-order valence-corrected chi connectivity index (χ1v) is 15.7. The van der Waals surface area contributed by atoms with Gasteiger partial charge < -0.3 is 29.5 Å². The van der Waals surface area contributed by atoms with Gasteiger partial charge in [0.1, 0.15) is 17.7 Å². The fourth-order valence-electron chi connectivity index (χ4n) is 5.02. The number of alkyl halides is 5. The van der Waals surface area contributed by atoms with Gasteiger partial charge >= 0.3 is 12.8 Å². The van der Waals surface area contributed by atoms with Gasteiger partial charge in [0.15, 0.2) is 9.84 Å². The molecule has 2 aromatic carbocycles. The summed E-state index contributed by atoms with van der Waals surface area (Å²) in [5.74, 6) is 0.807. The molecule has 9 nitrogen and oxygen atoms in total. The van der Waals surface area contributed by atoms with Crippen molar-refractivity contribution in [2.24, 2.45) is 0 Å². The largest absolute Gasteiger partial charge is 0.489 e. The third-order valence-corrected chi connectivity index (χ3v) is 9.18. The number of nitrogens with one attached hydrogen (secondary N) is 1. The molecule has 45 heavy (non-hydrogen) atoms. The van der Waals surface area contributed by atoms with Crippen LogP contribution in [-0.2, 0) is 27.3 Å². The number of anilines is 1. The van der Waals surface area contributed by atoms with Crippen molar-refractivity contribution < 1.29 is 49.7 Å². The number of aromatic nitrogens is 1. The molecule has 1 aromatic heterocycles. The van der Waals surface area contributed by atoms with E-state index in [0.29, 0.717) is 16.9 Å². The number of halogens is 5. The van der Waals surface area contributed by atoms with Gasteiger partial charge in [0, 0.05) is 18.5 Å². The van der Waals surface area contributed by atoms with Gasteiger partial charge in [-0.1, -0.05) is 19.1 Å². The molecular formula is C30H34F5N3O6S. The minimum atomic E-state index is -4.49. The lowest BCUT2D eigenvalue weighted by Gasteiger charge is -2.26. The Morgan fingerprint density at radius 2 is 1.76 bits per heavy atom. The Bertz CT molecular complexity index is 1510. The van der Waals surface area contributed by atoms with Crippen LogP contribution in [0.3, 0.4) is 0 Å². The Kier molecular flexibility index (Phi) is 11.2. The molecular weight excluding hydrogens is 625 g/mol. The molecule has 1 saturated heterocycles. The second kappa shape index (κ2) is 14.7. The first-order valence-electron chi connectivity index (χ1n) is 14.1. The second-order valence-electron chi connectivity index (χ2n) is 10.3. The fraction of sp³-hybridized carbons (Fsp3) is 0.433. The van der Waals surface area contributed by atoms with Gasteiger partial charge in [-0.25, -0.2) is 8.42 Å². The maximum atomic E-state index is 12.9. The molecule has 0 radical (unpaired) electrons. The normalized spacial score (nSPS) is 17.9. The SMILES string of the molecule is CCS(=O)(=O)c1ccc([C@H](CO)NCc2ccc(N3C[C@@H](Oc4ccc(C(F)(F)F)cc4)C[C@H]3COC(F)F)nc2OC)cc1. The van der Waals surface area contributed by atoms with Crippen molar-refractivity contribution in [3.8, 4) is 11.6 Å². The minimum absolute atomic E-state index is 0.0267. The summed E-state index contributed by atoms with van der Waals surface area (Å²) in [7, 11) is -1.94. The van der Waals surface area contributed by atoms with Crippen LogP contribution in [-0.4, -0.2) is 69.9 Å². The molecule has 0 amide bonds. The zero-order chi connectivity index (χ0) is 32.8. The number of aliphatic hydroxyl groups is 1. The molecule has 1 aliphatic heterocycles. The quantitative estimate of drug-likeness (QED) is 0.231. The van der Waals surface area contributed by atoms with E-state index in [1.165, 1.54) is 31.4 Å². The van der Waals surface area contributed by atoms with Crippen molar-refractivity contribution in [2.75, 3.05) is 37.5 Å². The number of nitrogens with zero attached hydrogens (tertiary/aromatic N) is 2. The molecule has 0 spiro atoms. The van der Waals surface area contributed by atoms with E-state index in [1.54, 1.807) is 36.1 Å². The van der Waals surface area contributed by atoms with Gasteiger partial charge in [-0.3, -0.25) is 0 Å². The van der Waals surface area contributed by atoms with Crippen molar-refractivity contribution in [3.63, 3.8) is 0 Å². The fourth-order valence-corrected chi connectivity index (χ4v) is 5.91. The summed E-state index contributed by atoms with van der Waals surface area (Å²) < 4.78 is 105. The van der Waals surface area contributed by atoms with Gasteiger partial charge in [0.2, 0.25) is 5.88 Å². The smallest absolute Gasteiger partial charge is 0.416 e. The van der Waals surface area contributed by atoms with E-state index < -0.39 is 46.4 Å². The minimum Gasteiger partial charge on any atom is -0.489 e. The number of pyridine rings is 1. The molecule has 15 heteroatoms. The molecule has 1 aliphatic rings. The predicted molar refractivity (Wildman–Crippen MR) is 155 cm³/mol. The Hall–Kier alpha value is -3.53. The molecule has 4 rings (SSSR count). The Morgan fingerprint density at radius 3 is 2.33 bits per heavy atom. The third kappa shape index (κ3) is 8.81. The maximum Gasteiger partial charge on any atom is 0.416 e. The summed E-state index contributed by atoms with van der Waals surface area (Å²) in [5.41, 5.74) is 0.485. The number of aliphatic hydroxyl groups excluding tert-OH is 1. The van der Waals surface area contributed by atoms with Crippen LogP contribution in [0, 0.1) is 0 Å². The second-order valence-corrected chi connectivity index (χ2v) is 12.6. The van der Waals surface area contributed by atoms with Crippen LogP contribution in [0.25, 0.3) is 0 Å². The molecule has 0 aliphatic carbocycles. The van der Waals surface area contributed by atoms with Crippen LogP contribution in [0.1, 0.15) is 36.1 Å². The highest BCUT2D eigenvalue weighted by atomic mass is 32.2. The first-order chi connectivity index (χ1) is 21.3. The molecule has 0 unspecified atom stereocenters. The Morgan fingerprint density at radius 1 is 1.07 bits per heavy atom. The van der Waals surface area contributed by atoms with Gasteiger partial charge in [-0.15, -0.1) is 0 Å². The lowest BCUT2D eigenvalue weighted by Crippen LogP contribution is -2.35. The molecule has 0 bridgehead atoms. The molecule has 2 heterocycles.